The summed E-state index contributed by atoms with van der Waals surface area (Å²) >= 11 is 12.2. The van der Waals surface area contributed by atoms with E-state index in [2.05, 4.69) is 0 Å². The maximum absolute atomic E-state index is 12.9. The second-order valence-corrected chi connectivity index (χ2v) is 7.53. The Morgan fingerprint density at radius 2 is 1.62 bits per heavy atom. The first-order chi connectivity index (χ1) is 15.2. The molecule has 32 heavy (non-hydrogen) atoms. The molecular formula is C24H13Cl2F3O3. The maximum atomic E-state index is 12.9. The molecule has 0 bridgehead atoms. The van der Waals surface area contributed by atoms with Crippen molar-refractivity contribution in [3.8, 4) is 22.6 Å². The lowest BCUT2D eigenvalue weighted by Crippen LogP contribution is -2.04. The van der Waals surface area contributed by atoms with Crippen molar-refractivity contribution in [1.82, 2.24) is 0 Å². The fourth-order valence-corrected chi connectivity index (χ4v) is 3.39. The average molecular weight is 477 g/mol. The minimum atomic E-state index is -4.45. The lowest BCUT2D eigenvalue weighted by Gasteiger charge is -2.07. The standard InChI is InChI=1S/C24H13Cl2F3O3/c25-18-6-2-5-17(23(18)26)21-11-12-22(32-21)19(30)9-7-16-8-10-20(31-16)14-3-1-4-15(13-14)24(27,28)29/h1-13H/b9-7+. The molecule has 0 N–H and O–H groups in total. The van der Waals surface area contributed by atoms with Crippen LogP contribution in [-0.4, -0.2) is 5.78 Å². The van der Waals surface area contributed by atoms with E-state index < -0.39 is 17.5 Å². The van der Waals surface area contributed by atoms with Gasteiger partial charge in [-0.05, 0) is 60.7 Å². The Morgan fingerprint density at radius 3 is 2.41 bits per heavy atom. The molecular weight excluding hydrogens is 464 g/mol. The molecule has 0 unspecified atom stereocenters. The number of benzene rings is 2. The summed E-state index contributed by atoms with van der Waals surface area (Å²) in [5.41, 5.74) is 0.0611. The number of hydrogen-bond donors (Lipinski definition) is 0. The lowest BCUT2D eigenvalue weighted by molar-refractivity contribution is -0.137. The van der Waals surface area contributed by atoms with Crippen molar-refractivity contribution in [1.29, 1.82) is 0 Å². The van der Waals surface area contributed by atoms with Gasteiger partial charge < -0.3 is 8.83 Å². The number of rotatable bonds is 5. The Morgan fingerprint density at radius 1 is 0.875 bits per heavy atom. The second kappa shape index (κ2) is 8.73. The third-order valence-corrected chi connectivity index (χ3v) is 5.38. The third-order valence-electron chi connectivity index (χ3n) is 4.57. The van der Waals surface area contributed by atoms with Gasteiger partial charge in [0.1, 0.15) is 17.3 Å². The van der Waals surface area contributed by atoms with Crippen molar-refractivity contribution in [2.45, 2.75) is 6.18 Å². The van der Waals surface area contributed by atoms with Gasteiger partial charge in [0, 0.05) is 11.1 Å². The predicted molar refractivity (Wildman–Crippen MR) is 117 cm³/mol. The first kappa shape index (κ1) is 22.0. The van der Waals surface area contributed by atoms with Crippen LogP contribution in [0.4, 0.5) is 13.2 Å². The summed E-state index contributed by atoms with van der Waals surface area (Å²) in [6, 6.07) is 16.1. The Balaban J connectivity index is 1.51. The van der Waals surface area contributed by atoms with Crippen molar-refractivity contribution in [3.63, 3.8) is 0 Å². The topological polar surface area (TPSA) is 43.4 Å². The summed E-state index contributed by atoms with van der Waals surface area (Å²) in [7, 11) is 0. The quantitative estimate of drug-likeness (QED) is 0.214. The number of allylic oxidation sites excluding steroid dienone is 1. The molecule has 0 spiro atoms. The fourth-order valence-electron chi connectivity index (χ4n) is 3.00. The van der Waals surface area contributed by atoms with E-state index in [-0.39, 0.29) is 17.1 Å². The number of furan rings is 2. The highest BCUT2D eigenvalue weighted by Gasteiger charge is 2.30. The SMILES string of the molecule is O=C(/C=C/c1ccc(-c2cccc(C(F)(F)F)c2)o1)c1ccc(-c2cccc(Cl)c2Cl)o1. The van der Waals surface area contributed by atoms with Crippen LogP contribution < -0.4 is 0 Å². The summed E-state index contributed by atoms with van der Waals surface area (Å²) in [6.07, 6.45) is -1.79. The molecule has 4 rings (SSSR count). The van der Waals surface area contributed by atoms with E-state index in [1.807, 2.05) is 0 Å². The minimum absolute atomic E-state index is 0.0805. The second-order valence-electron chi connectivity index (χ2n) is 6.74. The zero-order chi connectivity index (χ0) is 22.9. The molecule has 0 aliphatic rings. The van der Waals surface area contributed by atoms with Crippen molar-refractivity contribution in [2.75, 3.05) is 0 Å². The molecule has 162 valence electrons. The monoisotopic (exact) mass is 476 g/mol. The third kappa shape index (κ3) is 4.66. The van der Waals surface area contributed by atoms with E-state index in [9.17, 15) is 18.0 Å². The number of ketones is 1. The van der Waals surface area contributed by atoms with Crippen molar-refractivity contribution in [2.24, 2.45) is 0 Å². The highest BCUT2D eigenvalue weighted by molar-refractivity contribution is 6.43. The Hall–Kier alpha value is -3.22. The molecule has 0 aliphatic heterocycles. The molecule has 4 aromatic rings. The molecule has 0 amide bonds. The van der Waals surface area contributed by atoms with E-state index in [0.29, 0.717) is 27.1 Å². The Kier molecular flexibility index (Phi) is 6.00. The molecule has 3 nitrogen and oxygen atoms in total. The van der Waals surface area contributed by atoms with Gasteiger partial charge in [0.25, 0.3) is 0 Å². The molecule has 0 radical (unpaired) electrons. The molecule has 8 heteroatoms. The number of alkyl halides is 3. The fraction of sp³-hybridized carbons (Fsp3) is 0.0417. The zero-order valence-corrected chi connectivity index (χ0v) is 17.6. The molecule has 2 aromatic carbocycles. The van der Waals surface area contributed by atoms with Crippen molar-refractivity contribution in [3.05, 3.63) is 99.9 Å². The van der Waals surface area contributed by atoms with Crippen molar-refractivity contribution >= 4 is 35.1 Å². The van der Waals surface area contributed by atoms with Crippen LogP contribution in [0.25, 0.3) is 28.7 Å². The van der Waals surface area contributed by atoms with E-state index in [0.717, 1.165) is 12.1 Å². The summed E-state index contributed by atoms with van der Waals surface area (Å²) in [5.74, 6) is 0.594. The lowest BCUT2D eigenvalue weighted by atomic mass is 10.1. The van der Waals surface area contributed by atoms with Gasteiger partial charge in [-0.3, -0.25) is 4.79 Å². The zero-order valence-electron chi connectivity index (χ0n) is 16.1. The molecule has 0 fully saturated rings. The largest absolute Gasteiger partial charge is 0.457 e. The normalized spacial score (nSPS) is 11.9. The van der Waals surface area contributed by atoms with Crippen molar-refractivity contribution < 1.29 is 26.8 Å². The van der Waals surface area contributed by atoms with E-state index >= 15 is 0 Å². The Bertz CT molecular complexity index is 1320. The highest BCUT2D eigenvalue weighted by Crippen LogP contribution is 2.35. The van der Waals surface area contributed by atoms with E-state index in [4.69, 9.17) is 32.0 Å². The molecule has 0 saturated carbocycles. The number of carbonyl (C=O) groups is 1. The van der Waals surface area contributed by atoms with E-state index in [1.165, 1.54) is 36.4 Å². The molecule has 0 saturated heterocycles. The van der Waals surface area contributed by atoms with Crippen LogP contribution in [-0.2, 0) is 6.18 Å². The highest BCUT2D eigenvalue weighted by atomic mass is 35.5. The van der Waals surface area contributed by atoms with Gasteiger partial charge in [-0.25, -0.2) is 0 Å². The van der Waals surface area contributed by atoms with Crippen LogP contribution in [0, 0.1) is 0 Å². The first-order valence-corrected chi connectivity index (χ1v) is 10.0. The van der Waals surface area contributed by atoms with E-state index in [1.54, 1.807) is 30.3 Å². The molecule has 2 heterocycles. The molecule has 0 atom stereocenters. The van der Waals surface area contributed by atoms with Gasteiger partial charge in [-0.15, -0.1) is 0 Å². The number of halogens is 5. The van der Waals surface area contributed by atoms with Gasteiger partial charge in [0.2, 0.25) is 5.78 Å². The van der Waals surface area contributed by atoms with Crippen LogP contribution in [0.1, 0.15) is 21.9 Å². The summed E-state index contributed by atoms with van der Waals surface area (Å²) in [4.78, 5) is 12.4. The smallest absolute Gasteiger partial charge is 0.416 e. The van der Waals surface area contributed by atoms with Crippen LogP contribution in [0.5, 0.6) is 0 Å². The van der Waals surface area contributed by atoms with Crippen LogP contribution in [0.3, 0.4) is 0 Å². The van der Waals surface area contributed by atoms with Crippen LogP contribution >= 0.6 is 23.2 Å². The minimum Gasteiger partial charge on any atom is -0.457 e. The van der Waals surface area contributed by atoms with Gasteiger partial charge in [-0.2, -0.15) is 13.2 Å². The molecule has 0 aliphatic carbocycles. The average Bonchev–Trinajstić information content (AvgIpc) is 3.44. The van der Waals surface area contributed by atoms with Gasteiger partial charge >= 0.3 is 6.18 Å². The van der Waals surface area contributed by atoms with Gasteiger partial charge in [-0.1, -0.05) is 41.4 Å². The van der Waals surface area contributed by atoms with Crippen LogP contribution in [0.2, 0.25) is 10.0 Å². The maximum Gasteiger partial charge on any atom is 0.416 e. The van der Waals surface area contributed by atoms with Gasteiger partial charge in [0.05, 0.1) is 15.6 Å². The summed E-state index contributed by atoms with van der Waals surface area (Å²) in [5, 5.41) is 0.679. The Labute approximate surface area is 190 Å². The van der Waals surface area contributed by atoms with Crippen LogP contribution in [0.15, 0.2) is 81.6 Å². The first-order valence-electron chi connectivity index (χ1n) is 9.26. The number of carbonyl (C=O) groups excluding carboxylic acids is 1. The number of hydrogen-bond acceptors (Lipinski definition) is 3. The summed E-state index contributed by atoms with van der Waals surface area (Å²) in [6.45, 7) is 0. The predicted octanol–water partition coefficient (Wildman–Crippen LogP) is 8.43. The van der Waals surface area contributed by atoms with Gasteiger partial charge in [0.15, 0.2) is 5.76 Å². The molecule has 2 aromatic heterocycles. The summed E-state index contributed by atoms with van der Waals surface area (Å²) < 4.78 is 49.9.